The topological polar surface area (TPSA) is 58.9 Å². The van der Waals surface area contributed by atoms with Gasteiger partial charge in [0.05, 0.1) is 17.6 Å². The van der Waals surface area contributed by atoms with Gasteiger partial charge >= 0.3 is 0 Å². The smallest absolute Gasteiger partial charge is 0.191 e. The SMILES string of the molecule is Cc1nnc(SCc2cn3ccccc3c2C#N)n1Cc1ccccc1. The molecule has 26 heavy (non-hydrogen) atoms. The maximum atomic E-state index is 9.55. The fraction of sp³-hybridized carbons (Fsp3) is 0.150. The Balaban J connectivity index is 1.59. The molecule has 4 rings (SSSR count). The number of fused-ring (bicyclic) bond motifs is 1. The number of hydrogen-bond acceptors (Lipinski definition) is 4. The molecule has 4 aromatic rings. The molecule has 0 aliphatic heterocycles. The van der Waals surface area contributed by atoms with E-state index in [4.69, 9.17) is 0 Å². The van der Waals surface area contributed by atoms with E-state index in [0.717, 1.165) is 34.2 Å². The van der Waals surface area contributed by atoms with Crippen LogP contribution in [0, 0.1) is 18.3 Å². The van der Waals surface area contributed by atoms with Crippen LogP contribution in [0.15, 0.2) is 66.1 Å². The lowest BCUT2D eigenvalue weighted by Gasteiger charge is -2.08. The summed E-state index contributed by atoms with van der Waals surface area (Å²) in [7, 11) is 0. The molecule has 0 aliphatic carbocycles. The molecule has 0 spiro atoms. The first-order chi connectivity index (χ1) is 12.8. The van der Waals surface area contributed by atoms with Gasteiger partial charge in [0.15, 0.2) is 5.16 Å². The molecule has 3 aromatic heterocycles. The Morgan fingerprint density at radius 3 is 2.69 bits per heavy atom. The number of nitriles is 1. The zero-order chi connectivity index (χ0) is 17.9. The zero-order valence-electron chi connectivity index (χ0n) is 14.3. The van der Waals surface area contributed by atoms with Crippen molar-refractivity contribution in [3.8, 4) is 6.07 Å². The number of pyridine rings is 1. The van der Waals surface area contributed by atoms with E-state index in [9.17, 15) is 5.26 Å². The third kappa shape index (κ3) is 3.09. The second-order valence-electron chi connectivity index (χ2n) is 6.02. The van der Waals surface area contributed by atoms with E-state index >= 15 is 0 Å². The van der Waals surface area contributed by atoms with Gasteiger partial charge in [-0.3, -0.25) is 0 Å². The summed E-state index contributed by atoms with van der Waals surface area (Å²) in [5, 5.41) is 19.0. The van der Waals surface area contributed by atoms with Crippen LogP contribution >= 0.6 is 11.8 Å². The summed E-state index contributed by atoms with van der Waals surface area (Å²) in [5.41, 5.74) is 3.89. The Kier molecular flexibility index (Phi) is 4.46. The molecule has 0 saturated carbocycles. The van der Waals surface area contributed by atoms with Crippen molar-refractivity contribution in [2.24, 2.45) is 0 Å². The van der Waals surface area contributed by atoms with E-state index in [0.29, 0.717) is 5.75 Å². The van der Waals surface area contributed by atoms with Crippen molar-refractivity contribution in [2.45, 2.75) is 24.4 Å². The molecular weight excluding hydrogens is 342 g/mol. The summed E-state index contributed by atoms with van der Waals surface area (Å²) in [5.74, 6) is 1.57. The molecule has 0 N–H and O–H groups in total. The van der Waals surface area contributed by atoms with Gasteiger partial charge in [0.1, 0.15) is 11.9 Å². The highest BCUT2D eigenvalue weighted by Gasteiger charge is 2.14. The van der Waals surface area contributed by atoms with Crippen LogP contribution in [-0.4, -0.2) is 19.2 Å². The highest BCUT2D eigenvalue weighted by atomic mass is 32.2. The van der Waals surface area contributed by atoms with Gasteiger partial charge in [-0.25, -0.2) is 0 Å². The third-order valence-electron chi connectivity index (χ3n) is 4.32. The Hall–Kier alpha value is -3.04. The first-order valence-corrected chi connectivity index (χ1v) is 9.30. The van der Waals surface area contributed by atoms with Crippen molar-refractivity contribution in [2.75, 3.05) is 0 Å². The van der Waals surface area contributed by atoms with E-state index in [1.807, 2.05) is 60.1 Å². The van der Waals surface area contributed by atoms with E-state index < -0.39 is 0 Å². The number of benzene rings is 1. The molecule has 128 valence electrons. The fourth-order valence-electron chi connectivity index (χ4n) is 2.97. The predicted octanol–water partition coefficient (Wildman–Crippen LogP) is 4.05. The van der Waals surface area contributed by atoms with Crippen molar-refractivity contribution in [1.29, 1.82) is 5.26 Å². The maximum absolute atomic E-state index is 9.55. The first kappa shape index (κ1) is 16.4. The van der Waals surface area contributed by atoms with E-state index in [2.05, 4.69) is 33.0 Å². The average Bonchev–Trinajstić information content (AvgIpc) is 3.21. The second kappa shape index (κ2) is 7.06. The normalized spacial score (nSPS) is 10.9. The summed E-state index contributed by atoms with van der Waals surface area (Å²) in [6, 6.07) is 18.5. The third-order valence-corrected chi connectivity index (χ3v) is 5.33. The highest BCUT2D eigenvalue weighted by Crippen LogP contribution is 2.27. The highest BCUT2D eigenvalue weighted by molar-refractivity contribution is 7.98. The molecule has 0 bridgehead atoms. The average molecular weight is 359 g/mol. The number of rotatable bonds is 5. The Bertz CT molecular complexity index is 1090. The molecule has 0 radical (unpaired) electrons. The number of thioether (sulfide) groups is 1. The van der Waals surface area contributed by atoms with Crippen molar-refractivity contribution in [1.82, 2.24) is 19.2 Å². The van der Waals surface area contributed by atoms with Gasteiger partial charge < -0.3 is 8.97 Å². The quantitative estimate of drug-likeness (QED) is 0.504. The van der Waals surface area contributed by atoms with Crippen LogP contribution in [0.5, 0.6) is 0 Å². The van der Waals surface area contributed by atoms with Crippen LogP contribution in [0.4, 0.5) is 0 Å². The van der Waals surface area contributed by atoms with Crippen molar-refractivity contribution in [3.63, 3.8) is 0 Å². The summed E-state index contributed by atoms with van der Waals surface area (Å²) < 4.78 is 4.11. The number of hydrogen-bond donors (Lipinski definition) is 0. The van der Waals surface area contributed by atoms with Gasteiger partial charge in [0, 0.05) is 18.1 Å². The molecule has 3 heterocycles. The minimum absolute atomic E-state index is 0.678. The monoisotopic (exact) mass is 359 g/mol. The van der Waals surface area contributed by atoms with E-state index in [-0.39, 0.29) is 0 Å². The molecule has 0 atom stereocenters. The molecule has 1 aromatic carbocycles. The molecule has 0 aliphatic rings. The minimum Gasteiger partial charge on any atom is -0.322 e. The maximum Gasteiger partial charge on any atom is 0.191 e. The van der Waals surface area contributed by atoms with Gasteiger partial charge in [0.25, 0.3) is 0 Å². The van der Waals surface area contributed by atoms with E-state index in [1.54, 1.807) is 11.8 Å². The summed E-state index contributed by atoms with van der Waals surface area (Å²) >= 11 is 1.61. The zero-order valence-corrected chi connectivity index (χ0v) is 15.1. The first-order valence-electron chi connectivity index (χ1n) is 8.31. The lowest BCUT2D eigenvalue weighted by Crippen LogP contribution is -2.03. The number of nitrogens with zero attached hydrogens (tertiary/aromatic N) is 5. The van der Waals surface area contributed by atoms with Gasteiger partial charge in [-0.1, -0.05) is 48.2 Å². The molecule has 5 nitrogen and oxygen atoms in total. The largest absolute Gasteiger partial charge is 0.322 e. The van der Waals surface area contributed by atoms with Gasteiger partial charge in [-0.15, -0.1) is 10.2 Å². The standard InChI is InChI=1S/C20H17N5S/c1-15-22-23-20(25(15)12-16-7-3-2-4-8-16)26-14-17-13-24-10-6-5-9-19(24)18(17)11-21/h2-10,13H,12,14H2,1H3. The summed E-state index contributed by atoms with van der Waals surface area (Å²) in [6.45, 7) is 2.71. The lowest BCUT2D eigenvalue weighted by atomic mass is 10.2. The van der Waals surface area contributed by atoms with Crippen LogP contribution in [0.2, 0.25) is 0 Å². The Morgan fingerprint density at radius 1 is 1.08 bits per heavy atom. The van der Waals surface area contributed by atoms with Gasteiger partial charge in [0.2, 0.25) is 0 Å². The van der Waals surface area contributed by atoms with Crippen molar-refractivity contribution in [3.05, 3.63) is 83.4 Å². The van der Waals surface area contributed by atoms with Gasteiger partial charge in [-0.2, -0.15) is 5.26 Å². The second-order valence-corrected chi connectivity index (χ2v) is 6.97. The van der Waals surface area contributed by atoms with Crippen LogP contribution in [0.1, 0.15) is 22.5 Å². The molecule has 0 amide bonds. The Morgan fingerprint density at radius 2 is 1.88 bits per heavy atom. The fourth-order valence-corrected chi connectivity index (χ4v) is 3.93. The summed E-state index contributed by atoms with van der Waals surface area (Å²) in [4.78, 5) is 0. The van der Waals surface area contributed by atoms with Crippen LogP contribution < -0.4 is 0 Å². The lowest BCUT2D eigenvalue weighted by molar-refractivity contribution is 0.688. The molecule has 0 unspecified atom stereocenters. The number of aromatic nitrogens is 4. The number of aryl methyl sites for hydroxylation is 1. The summed E-state index contributed by atoms with van der Waals surface area (Å²) in [6.07, 6.45) is 3.98. The van der Waals surface area contributed by atoms with Gasteiger partial charge in [-0.05, 0) is 30.2 Å². The predicted molar refractivity (Wildman–Crippen MR) is 102 cm³/mol. The molecule has 0 fully saturated rings. The molecule has 6 heteroatoms. The van der Waals surface area contributed by atoms with Crippen molar-refractivity contribution < 1.29 is 0 Å². The molecular formula is C20H17N5S. The molecule has 0 saturated heterocycles. The Labute approximate surface area is 155 Å². The van der Waals surface area contributed by atoms with Crippen LogP contribution in [0.25, 0.3) is 5.52 Å². The van der Waals surface area contributed by atoms with Crippen LogP contribution in [-0.2, 0) is 12.3 Å². The minimum atomic E-state index is 0.678. The van der Waals surface area contributed by atoms with E-state index in [1.165, 1.54) is 5.56 Å². The van der Waals surface area contributed by atoms with Crippen molar-refractivity contribution >= 4 is 17.3 Å². The van der Waals surface area contributed by atoms with Crippen LogP contribution in [0.3, 0.4) is 0 Å².